The second kappa shape index (κ2) is 10.7. The lowest BCUT2D eigenvalue weighted by Crippen LogP contribution is -2.49. The number of hydrogen-bond acceptors (Lipinski definition) is 6. The summed E-state index contributed by atoms with van der Waals surface area (Å²) in [6.07, 6.45) is 5.58. The highest BCUT2D eigenvalue weighted by Gasteiger charge is 2.25. The first-order valence-electron chi connectivity index (χ1n) is 12.0. The summed E-state index contributed by atoms with van der Waals surface area (Å²) >= 11 is 0. The van der Waals surface area contributed by atoms with Gasteiger partial charge in [0.1, 0.15) is 18.0 Å². The molecule has 0 radical (unpaired) electrons. The molecule has 2 saturated heterocycles. The summed E-state index contributed by atoms with van der Waals surface area (Å²) in [5.74, 6) is 2.71. The normalized spacial score (nSPS) is 19.2. The second-order valence-electron chi connectivity index (χ2n) is 8.99. The van der Waals surface area contributed by atoms with Gasteiger partial charge in [0.15, 0.2) is 0 Å². The van der Waals surface area contributed by atoms with Crippen LogP contribution >= 0.6 is 0 Å². The third kappa shape index (κ3) is 5.69. The first-order chi connectivity index (χ1) is 15.6. The minimum absolute atomic E-state index is 0.308. The number of nitrogens with zero attached hydrogens (tertiary/aromatic N) is 5. The van der Waals surface area contributed by atoms with Crippen molar-refractivity contribution in [2.45, 2.75) is 39.5 Å². The van der Waals surface area contributed by atoms with E-state index in [1.165, 1.54) is 17.7 Å². The number of aryl methyl sites for hydroxylation is 1. The van der Waals surface area contributed by atoms with Crippen LogP contribution < -0.4 is 15.1 Å². The van der Waals surface area contributed by atoms with Crippen LogP contribution in [0, 0.1) is 12.8 Å². The number of piperidine rings is 1. The molecule has 2 aliphatic rings. The van der Waals surface area contributed by atoms with Gasteiger partial charge in [-0.25, -0.2) is 9.97 Å². The van der Waals surface area contributed by atoms with Crippen LogP contribution in [0.4, 0.5) is 17.3 Å². The van der Waals surface area contributed by atoms with Crippen LogP contribution in [-0.4, -0.2) is 66.6 Å². The molecule has 2 fully saturated rings. The van der Waals surface area contributed by atoms with Crippen molar-refractivity contribution in [3.63, 3.8) is 0 Å². The van der Waals surface area contributed by atoms with E-state index in [1.54, 1.807) is 6.33 Å². The minimum Gasteiger partial charge on any atom is -0.370 e. The lowest BCUT2D eigenvalue weighted by molar-refractivity contribution is -0.131. The summed E-state index contributed by atoms with van der Waals surface area (Å²) < 4.78 is 0. The van der Waals surface area contributed by atoms with Crippen molar-refractivity contribution in [1.29, 1.82) is 0 Å². The van der Waals surface area contributed by atoms with E-state index in [0.717, 1.165) is 70.3 Å². The van der Waals surface area contributed by atoms with E-state index in [0.29, 0.717) is 18.2 Å². The molecule has 4 rings (SSSR count). The Kier molecular flexibility index (Phi) is 7.45. The SMILES string of the molecule is CCNc1cc(N2CCC[C@@H](CCC(=O)N3CCN(c4cccc(C)c4)CC3)C2)ncn1. The van der Waals surface area contributed by atoms with Crippen molar-refractivity contribution in [1.82, 2.24) is 14.9 Å². The molecule has 0 saturated carbocycles. The molecule has 172 valence electrons. The third-order valence-electron chi connectivity index (χ3n) is 6.62. The maximum absolute atomic E-state index is 12.9. The smallest absolute Gasteiger partial charge is 0.222 e. The van der Waals surface area contributed by atoms with Gasteiger partial charge in [-0.2, -0.15) is 0 Å². The molecule has 3 heterocycles. The summed E-state index contributed by atoms with van der Waals surface area (Å²) in [5.41, 5.74) is 2.55. The Hall–Kier alpha value is -2.83. The maximum atomic E-state index is 12.9. The van der Waals surface area contributed by atoms with Crippen molar-refractivity contribution >= 4 is 23.2 Å². The monoisotopic (exact) mass is 436 g/mol. The first kappa shape index (κ1) is 22.4. The summed E-state index contributed by atoms with van der Waals surface area (Å²) in [4.78, 5) is 28.4. The quantitative estimate of drug-likeness (QED) is 0.716. The van der Waals surface area contributed by atoms with Crippen LogP contribution in [0.2, 0.25) is 0 Å². The van der Waals surface area contributed by atoms with Crippen molar-refractivity contribution < 1.29 is 4.79 Å². The molecule has 0 spiro atoms. The van der Waals surface area contributed by atoms with Crippen molar-refractivity contribution in [3.05, 3.63) is 42.2 Å². The van der Waals surface area contributed by atoms with Crippen molar-refractivity contribution in [2.24, 2.45) is 5.92 Å². The Morgan fingerprint density at radius 3 is 2.72 bits per heavy atom. The number of rotatable bonds is 7. The topological polar surface area (TPSA) is 64.6 Å². The molecular formula is C25H36N6O. The fourth-order valence-corrected chi connectivity index (χ4v) is 4.83. The lowest BCUT2D eigenvalue weighted by atomic mass is 9.93. The highest BCUT2D eigenvalue weighted by molar-refractivity contribution is 5.76. The molecule has 1 N–H and O–H groups in total. The second-order valence-corrected chi connectivity index (χ2v) is 8.99. The molecule has 2 aliphatic heterocycles. The predicted octanol–water partition coefficient (Wildman–Crippen LogP) is 3.56. The highest BCUT2D eigenvalue weighted by atomic mass is 16.2. The van der Waals surface area contributed by atoms with Gasteiger partial charge in [0, 0.05) is 64.0 Å². The minimum atomic E-state index is 0.308. The van der Waals surface area contributed by atoms with E-state index in [2.05, 4.69) is 68.1 Å². The van der Waals surface area contributed by atoms with Crippen molar-refractivity contribution in [3.8, 4) is 0 Å². The number of benzene rings is 1. The molecule has 0 aliphatic carbocycles. The molecule has 1 atom stereocenters. The van der Waals surface area contributed by atoms with Gasteiger partial charge in [-0.05, 0) is 56.7 Å². The zero-order chi connectivity index (χ0) is 22.3. The van der Waals surface area contributed by atoms with Gasteiger partial charge in [0.25, 0.3) is 0 Å². The average Bonchev–Trinajstić information content (AvgIpc) is 2.83. The fraction of sp³-hybridized carbons (Fsp3) is 0.560. The van der Waals surface area contributed by atoms with Gasteiger partial charge in [0.2, 0.25) is 5.91 Å². The Morgan fingerprint density at radius 1 is 1.09 bits per heavy atom. The van der Waals surface area contributed by atoms with E-state index in [-0.39, 0.29) is 0 Å². The van der Waals surface area contributed by atoms with Crippen molar-refractivity contribution in [2.75, 3.05) is 60.9 Å². The Balaban J connectivity index is 1.24. The summed E-state index contributed by atoms with van der Waals surface area (Å²) in [6.45, 7) is 10.5. The largest absolute Gasteiger partial charge is 0.370 e. The van der Waals surface area contributed by atoms with Gasteiger partial charge in [0.05, 0.1) is 0 Å². The van der Waals surface area contributed by atoms with E-state index < -0.39 is 0 Å². The molecule has 0 unspecified atom stereocenters. The molecule has 32 heavy (non-hydrogen) atoms. The van der Waals surface area contributed by atoms with E-state index in [4.69, 9.17) is 0 Å². The molecule has 7 nitrogen and oxygen atoms in total. The first-order valence-corrected chi connectivity index (χ1v) is 12.0. The predicted molar refractivity (Wildman–Crippen MR) is 130 cm³/mol. The Bertz CT molecular complexity index is 896. The summed E-state index contributed by atoms with van der Waals surface area (Å²) in [5, 5.41) is 3.26. The van der Waals surface area contributed by atoms with Gasteiger partial charge >= 0.3 is 0 Å². The van der Waals surface area contributed by atoms with E-state index >= 15 is 0 Å². The Morgan fingerprint density at radius 2 is 1.94 bits per heavy atom. The zero-order valence-corrected chi connectivity index (χ0v) is 19.5. The third-order valence-corrected chi connectivity index (χ3v) is 6.62. The summed E-state index contributed by atoms with van der Waals surface area (Å²) in [7, 11) is 0. The number of hydrogen-bond donors (Lipinski definition) is 1. The van der Waals surface area contributed by atoms with Gasteiger partial charge < -0.3 is 20.0 Å². The molecule has 2 aromatic rings. The number of aromatic nitrogens is 2. The standard InChI is InChI=1S/C25H36N6O/c1-3-26-23-17-24(28-19-27-23)31-11-5-7-21(18-31)9-10-25(32)30-14-12-29(13-15-30)22-8-4-6-20(2)16-22/h4,6,8,16-17,19,21H,3,5,7,9-15,18H2,1-2H3,(H,26,27,28)/t21-/m0/s1. The van der Waals surface area contributed by atoms with Crippen LogP contribution in [0.3, 0.4) is 0 Å². The lowest BCUT2D eigenvalue weighted by Gasteiger charge is -2.37. The zero-order valence-electron chi connectivity index (χ0n) is 19.5. The van der Waals surface area contributed by atoms with Crippen LogP contribution in [-0.2, 0) is 4.79 Å². The number of piperazine rings is 1. The van der Waals surface area contributed by atoms with E-state index in [9.17, 15) is 4.79 Å². The summed E-state index contributed by atoms with van der Waals surface area (Å²) in [6, 6.07) is 10.7. The number of nitrogens with one attached hydrogen (secondary N) is 1. The average molecular weight is 437 g/mol. The molecule has 1 aromatic carbocycles. The maximum Gasteiger partial charge on any atom is 0.222 e. The van der Waals surface area contributed by atoms with Gasteiger partial charge in [-0.1, -0.05) is 12.1 Å². The van der Waals surface area contributed by atoms with Crippen LogP contribution in [0.1, 0.15) is 38.2 Å². The fourth-order valence-electron chi connectivity index (χ4n) is 4.83. The highest BCUT2D eigenvalue weighted by Crippen LogP contribution is 2.26. The Labute approximate surface area is 191 Å². The van der Waals surface area contributed by atoms with Gasteiger partial charge in [-0.3, -0.25) is 4.79 Å². The van der Waals surface area contributed by atoms with E-state index in [1.807, 2.05) is 6.07 Å². The molecule has 1 amide bonds. The number of carbonyl (C=O) groups is 1. The van der Waals surface area contributed by atoms with Crippen LogP contribution in [0.5, 0.6) is 0 Å². The molecule has 7 heteroatoms. The van der Waals surface area contributed by atoms with Crippen LogP contribution in [0.25, 0.3) is 0 Å². The number of carbonyl (C=O) groups excluding carboxylic acids is 1. The molecular weight excluding hydrogens is 400 g/mol. The number of anilines is 3. The van der Waals surface area contributed by atoms with Crippen LogP contribution in [0.15, 0.2) is 36.7 Å². The number of amides is 1. The molecule has 0 bridgehead atoms. The van der Waals surface area contributed by atoms with Gasteiger partial charge in [-0.15, -0.1) is 0 Å². The molecule has 1 aromatic heterocycles.